The first kappa shape index (κ1) is 20.3. The van der Waals surface area contributed by atoms with Gasteiger partial charge in [0.1, 0.15) is 11.5 Å². The van der Waals surface area contributed by atoms with Gasteiger partial charge in [-0.05, 0) is 61.0 Å². The number of benzene rings is 3. The summed E-state index contributed by atoms with van der Waals surface area (Å²) in [6.45, 7) is 2.01. The van der Waals surface area contributed by atoms with Gasteiger partial charge in [-0.1, -0.05) is 36.8 Å². The lowest BCUT2D eigenvalue weighted by molar-refractivity contribution is 0.483. The minimum atomic E-state index is -3.66. The second-order valence-corrected chi connectivity index (χ2v) is 8.45. The van der Waals surface area contributed by atoms with Crippen molar-refractivity contribution in [2.45, 2.75) is 17.9 Å². The van der Waals surface area contributed by atoms with Crippen LogP contribution in [0.4, 0.5) is 5.69 Å². The fourth-order valence-corrected chi connectivity index (χ4v) is 3.67. The van der Waals surface area contributed by atoms with E-state index in [4.69, 9.17) is 11.2 Å². The van der Waals surface area contributed by atoms with Gasteiger partial charge in [-0.2, -0.15) is 0 Å². The fourth-order valence-electron chi connectivity index (χ4n) is 2.73. The average molecular weight is 407 g/mol. The molecule has 3 aromatic rings. The van der Waals surface area contributed by atoms with Crippen LogP contribution in [0, 0.1) is 12.5 Å². The van der Waals surface area contributed by atoms with Crippen molar-refractivity contribution in [2.24, 2.45) is 0 Å². The first-order valence-corrected chi connectivity index (χ1v) is 10.5. The summed E-state index contributed by atoms with van der Waals surface area (Å²) in [5.41, 5.74) is 1.89. The molecule has 0 spiro atoms. The molecule has 0 aliphatic rings. The monoisotopic (exact) mass is 406 g/mol. The molecule has 0 aromatic heterocycles. The molecule has 5 nitrogen and oxygen atoms in total. The molecule has 3 aromatic carbocycles. The second-order valence-electron chi connectivity index (χ2n) is 6.48. The van der Waals surface area contributed by atoms with Crippen molar-refractivity contribution >= 4 is 15.7 Å². The number of sulfonamides is 1. The molecule has 148 valence electrons. The van der Waals surface area contributed by atoms with Crippen LogP contribution in [0.1, 0.15) is 18.5 Å². The Morgan fingerprint density at radius 3 is 2.10 bits per heavy atom. The standard InChI is InChI=1S/C23H22N2O3S/c1-4-25(3)29(26,27)23-16-10-19(11-17-23)18(2)24-20-12-14-22(15-13-20)28-21-8-6-5-7-9-21/h1,5-18,24H,2-3H3. The van der Waals surface area contributed by atoms with Crippen LogP contribution < -0.4 is 10.1 Å². The molecule has 3 rings (SSSR count). The number of hydrogen-bond acceptors (Lipinski definition) is 4. The van der Waals surface area contributed by atoms with E-state index in [9.17, 15) is 8.42 Å². The van der Waals surface area contributed by atoms with Crippen LogP contribution in [-0.4, -0.2) is 19.8 Å². The number of terminal acetylenes is 1. The number of nitrogens with zero attached hydrogens (tertiary/aromatic N) is 1. The SMILES string of the molecule is C#CN(C)S(=O)(=O)c1ccc(C(C)Nc2ccc(Oc3ccccc3)cc2)cc1. The van der Waals surface area contributed by atoms with E-state index in [1.807, 2.05) is 61.5 Å². The smallest absolute Gasteiger partial charge is 0.270 e. The highest BCUT2D eigenvalue weighted by Gasteiger charge is 2.18. The zero-order chi connectivity index (χ0) is 20.9. The molecule has 29 heavy (non-hydrogen) atoms. The maximum atomic E-state index is 12.3. The van der Waals surface area contributed by atoms with Gasteiger partial charge in [0.05, 0.1) is 4.90 Å². The Balaban J connectivity index is 1.66. The third-order valence-electron chi connectivity index (χ3n) is 4.44. The van der Waals surface area contributed by atoms with Crippen LogP contribution in [0.5, 0.6) is 11.5 Å². The molecule has 0 aliphatic heterocycles. The summed E-state index contributed by atoms with van der Waals surface area (Å²) in [4.78, 5) is 0.163. The maximum absolute atomic E-state index is 12.3. The molecule has 1 N–H and O–H groups in total. The third kappa shape index (κ3) is 4.89. The molecule has 0 radical (unpaired) electrons. The van der Waals surface area contributed by atoms with E-state index >= 15 is 0 Å². The third-order valence-corrected chi connectivity index (χ3v) is 6.13. The summed E-state index contributed by atoms with van der Waals surface area (Å²) in [6.07, 6.45) is 5.19. The number of rotatable bonds is 7. The Hall–Kier alpha value is -3.43. The highest BCUT2D eigenvalue weighted by Crippen LogP contribution is 2.25. The molecular formula is C23H22N2O3S. The minimum Gasteiger partial charge on any atom is -0.457 e. The topological polar surface area (TPSA) is 58.6 Å². The lowest BCUT2D eigenvalue weighted by Crippen LogP contribution is -2.21. The van der Waals surface area contributed by atoms with E-state index in [1.165, 1.54) is 7.05 Å². The van der Waals surface area contributed by atoms with Crippen molar-refractivity contribution in [3.63, 3.8) is 0 Å². The largest absolute Gasteiger partial charge is 0.457 e. The molecular weight excluding hydrogens is 384 g/mol. The Morgan fingerprint density at radius 2 is 1.52 bits per heavy atom. The van der Waals surface area contributed by atoms with E-state index in [0.29, 0.717) is 0 Å². The summed E-state index contributed by atoms with van der Waals surface area (Å²) in [6, 6.07) is 26.1. The Kier molecular flexibility index (Phi) is 6.10. The molecule has 1 atom stereocenters. The van der Waals surface area contributed by atoms with Gasteiger partial charge < -0.3 is 10.1 Å². The summed E-state index contributed by atoms with van der Waals surface area (Å²) in [5, 5.41) is 3.39. The van der Waals surface area contributed by atoms with Crippen LogP contribution in [0.2, 0.25) is 0 Å². The van der Waals surface area contributed by atoms with Crippen molar-refractivity contribution in [2.75, 3.05) is 12.4 Å². The van der Waals surface area contributed by atoms with Gasteiger partial charge in [0, 0.05) is 24.8 Å². The lowest BCUT2D eigenvalue weighted by Gasteiger charge is -2.17. The molecule has 0 amide bonds. The Morgan fingerprint density at radius 1 is 0.931 bits per heavy atom. The molecule has 0 heterocycles. The maximum Gasteiger partial charge on any atom is 0.270 e. The van der Waals surface area contributed by atoms with Crippen LogP contribution in [0.15, 0.2) is 83.8 Å². The Labute approximate surface area is 172 Å². The fraction of sp³-hybridized carbons (Fsp3) is 0.130. The van der Waals surface area contributed by atoms with Gasteiger partial charge in [0.2, 0.25) is 0 Å². The van der Waals surface area contributed by atoms with E-state index in [1.54, 1.807) is 24.3 Å². The first-order chi connectivity index (χ1) is 13.9. The van der Waals surface area contributed by atoms with Crippen LogP contribution in [0.3, 0.4) is 0 Å². The predicted octanol–water partition coefficient (Wildman–Crippen LogP) is 4.86. The highest BCUT2D eigenvalue weighted by molar-refractivity contribution is 7.89. The van der Waals surface area contributed by atoms with Crippen molar-refractivity contribution in [1.82, 2.24) is 4.31 Å². The number of ether oxygens (including phenoxy) is 1. The molecule has 6 heteroatoms. The molecule has 0 saturated carbocycles. The number of anilines is 1. The van der Waals surface area contributed by atoms with Crippen LogP contribution in [-0.2, 0) is 10.0 Å². The highest BCUT2D eigenvalue weighted by atomic mass is 32.2. The predicted molar refractivity (Wildman–Crippen MR) is 115 cm³/mol. The number of hydrogen-bond donors (Lipinski definition) is 1. The van der Waals surface area contributed by atoms with E-state index in [0.717, 1.165) is 27.1 Å². The van der Waals surface area contributed by atoms with Gasteiger partial charge in [0.15, 0.2) is 0 Å². The molecule has 0 aliphatic carbocycles. The van der Waals surface area contributed by atoms with Gasteiger partial charge in [-0.25, -0.2) is 12.7 Å². The van der Waals surface area contributed by atoms with Crippen LogP contribution >= 0.6 is 0 Å². The van der Waals surface area contributed by atoms with Gasteiger partial charge in [-0.15, -0.1) is 0 Å². The summed E-state index contributed by atoms with van der Waals surface area (Å²) < 4.78 is 31.2. The normalized spacial score (nSPS) is 11.9. The lowest BCUT2D eigenvalue weighted by atomic mass is 10.1. The second kappa shape index (κ2) is 8.72. The average Bonchev–Trinajstić information content (AvgIpc) is 2.75. The zero-order valence-electron chi connectivity index (χ0n) is 16.2. The summed E-state index contributed by atoms with van der Waals surface area (Å²) >= 11 is 0. The van der Waals surface area contributed by atoms with E-state index in [2.05, 4.69) is 11.4 Å². The van der Waals surface area contributed by atoms with Gasteiger partial charge >= 0.3 is 0 Å². The van der Waals surface area contributed by atoms with E-state index < -0.39 is 10.0 Å². The van der Waals surface area contributed by atoms with Crippen molar-refractivity contribution in [3.8, 4) is 24.0 Å². The molecule has 0 bridgehead atoms. The van der Waals surface area contributed by atoms with E-state index in [-0.39, 0.29) is 10.9 Å². The van der Waals surface area contributed by atoms with Crippen molar-refractivity contribution in [3.05, 3.63) is 84.4 Å². The minimum absolute atomic E-state index is 0.0157. The Bertz CT molecular complexity index is 1090. The van der Waals surface area contributed by atoms with Crippen molar-refractivity contribution < 1.29 is 13.2 Å². The van der Waals surface area contributed by atoms with Crippen LogP contribution in [0.25, 0.3) is 0 Å². The molecule has 1 unspecified atom stereocenters. The summed E-state index contributed by atoms with van der Waals surface area (Å²) in [7, 11) is -2.31. The summed E-state index contributed by atoms with van der Waals surface area (Å²) in [5.74, 6) is 1.54. The van der Waals surface area contributed by atoms with Crippen molar-refractivity contribution in [1.29, 1.82) is 0 Å². The zero-order valence-corrected chi connectivity index (χ0v) is 17.1. The number of para-hydroxylation sites is 1. The quantitative estimate of drug-likeness (QED) is 0.450. The first-order valence-electron chi connectivity index (χ1n) is 9.05. The molecule has 0 saturated heterocycles. The number of nitrogens with one attached hydrogen (secondary N) is 1. The molecule has 0 fully saturated rings. The van der Waals surface area contributed by atoms with Gasteiger partial charge in [0.25, 0.3) is 10.0 Å². The van der Waals surface area contributed by atoms with Gasteiger partial charge in [-0.3, -0.25) is 0 Å².